The molecule has 1 fully saturated rings. The average molecular weight is 258 g/mol. The number of rotatable bonds is 7. The largest absolute Gasteiger partial charge is 0.382 e. The summed E-state index contributed by atoms with van der Waals surface area (Å²) in [4.78, 5) is 11.7. The molecule has 0 aliphatic heterocycles. The van der Waals surface area contributed by atoms with Gasteiger partial charge < -0.3 is 10.6 Å². The quantitative estimate of drug-likeness (QED) is 0.737. The lowest BCUT2D eigenvalue weighted by Crippen LogP contribution is -2.23. The van der Waals surface area contributed by atoms with Gasteiger partial charge in [0.2, 0.25) is 0 Å². The molecule has 3 heteroatoms. The number of nitrogens with one attached hydrogen (secondary N) is 2. The summed E-state index contributed by atoms with van der Waals surface area (Å²) < 4.78 is 0. The van der Waals surface area contributed by atoms with Gasteiger partial charge in [-0.1, -0.05) is 13.0 Å². The van der Waals surface area contributed by atoms with Crippen LogP contribution in [0.2, 0.25) is 0 Å². The predicted molar refractivity (Wildman–Crippen MR) is 79.4 cm³/mol. The van der Waals surface area contributed by atoms with E-state index in [1.54, 1.807) is 6.08 Å². The van der Waals surface area contributed by atoms with E-state index in [-0.39, 0.29) is 5.91 Å². The number of benzene rings is 1. The van der Waals surface area contributed by atoms with Gasteiger partial charge >= 0.3 is 0 Å². The molecule has 1 aromatic carbocycles. The third-order valence-electron chi connectivity index (χ3n) is 3.54. The molecule has 19 heavy (non-hydrogen) atoms. The molecule has 0 saturated heterocycles. The second kappa shape index (κ2) is 6.41. The maximum Gasteiger partial charge on any atom is 0.251 e. The van der Waals surface area contributed by atoms with Gasteiger partial charge in [0.1, 0.15) is 0 Å². The zero-order valence-corrected chi connectivity index (χ0v) is 11.5. The first-order chi connectivity index (χ1) is 9.24. The zero-order valence-electron chi connectivity index (χ0n) is 11.5. The lowest BCUT2D eigenvalue weighted by atomic mass is 10.1. The van der Waals surface area contributed by atoms with Crippen molar-refractivity contribution in [2.24, 2.45) is 5.92 Å². The lowest BCUT2D eigenvalue weighted by molar-refractivity contribution is 0.0958. The van der Waals surface area contributed by atoms with E-state index in [4.69, 9.17) is 0 Å². The minimum absolute atomic E-state index is 0.0549. The van der Waals surface area contributed by atoms with Crippen molar-refractivity contribution in [2.45, 2.75) is 32.2 Å². The molecule has 0 radical (unpaired) electrons. The summed E-state index contributed by atoms with van der Waals surface area (Å²) in [5.74, 6) is 0.779. The van der Waals surface area contributed by atoms with Crippen LogP contribution in [0, 0.1) is 5.92 Å². The third-order valence-corrected chi connectivity index (χ3v) is 3.54. The number of amides is 1. The smallest absolute Gasteiger partial charge is 0.251 e. The molecule has 1 aliphatic rings. The van der Waals surface area contributed by atoms with Gasteiger partial charge in [0.25, 0.3) is 5.91 Å². The van der Waals surface area contributed by atoms with E-state index in [0.717, 1.165) is 18.0 Å². The summed E-state index contributed by atoms with van der Waals surface area (Å²) in [6.07, 6.45) is 5.50. The van der Waals surface area contributed by atoms with Gasteiger partial charge in [0, 0.05) is 23.8 Å². The summed E-state index contributed by atoms with van der Waals surface area (Å²) in [6.45, 7) is 6.29. The molecule has 0 bridgehead atoms. The first kappa shape index (κ1) is 13.7. The van der Waals surface area contributed by atoms with Crippen LogP contribution >= 0.6 is 0 Å². The maximum absolute atomic E-state index is 11.7. The summed E-state index contributed by atoms with van der Waals surface area (Å²) >= 11 is 0. The topological polar surface area (TPSA) is 41.1 Å². The van der Waals surface area contributed by atoms with Gasteiger partial charge in [-0.2, -0.15) is 0 Å². The Bertz CT molecular complexity index is 435. The molecule has 0 aromatic heterocycles. The fraction of sp³-hybridized carbons (Fsp3) is 0.438. The van der Waals surface area contributed by atoms with E-state index >= 15 is 0 Å². The van der Waals surface area contributed by atoms with Crippen molar-refractivity contribution in [2.75, 3.05) is 11.9 Å². The lowest BCUT2D eigenvalue weighted by Gasteiger charge is -2.17. The number of hydrogen-bond acceptors (Lipinski definition) is 2. The van der Waals surface area contributed by atoms with Crippen LogP contribution in [-0.4, -0.2) is 18.5 Å². The molecule has 102 valence electrons. The van der Waals surface area contributed by atoms with Crippen molar-refractivity contribution in [1.29, 1.82) is 0 Å². The highest BCUT2D eigenvalue weighted by Gasteiger charge is 2.29. The molecule has 2 rings (SSSR count). The molecule has 1 saturated carbocycles. The Labute approximate surface area is 115 Å². The predicted octanol–water partition coefficient (Wildman–Crippen LogP) is 3.20. The standard InChI is InChI=1S/C16H22N2O/c1-3-11-17-16(19)13-7-9-14(10-8-13)18-15(4-2)12-5-6-12/h3,7-10,12,15,18H,1,4-6,11H2,2H3,(H,17,19). The molecule has 1 amide bonds. The van der Waals surface area contributed by atoms with E-state index in [2.05, 4.69) is 24.1 Å². The number of anilines is 1. The first-order valence-electron chi connectivity index (χ1n) is 7.00. The number of hydrogen-bond donors (Lipinski definition) is 2. The number of carbonyl (C=O) groups excluding carboxylic acids is 1. The second-order valence-electron chi connectivity index (χ2n) is 5.07. The Kier molecular flexibility index (Phi) is 4.61. The van der Waals surface area contributed by atoms with Gasteiger partial charge in [-0.25, -0.2) is 0 Å². The van der Waals surface area contributed by atoms with Crippen LogP contribution in [-0.2, 0) is 0 Å². The van der Waals surface area contributed by atoms with Gasteiger partial charge in [0.15, 0.2) is 0 Å². The Morgan fingerprint density at radius 3 is 2.63 bits per heavy atom. The van der Waals surface area contributed by atoms with E-state index in [1.165, 1.54) is 12.8 Å². The molecular formula is C16H22N2O. The van der Waals surface area contributed by atoms with Crippen LogP contribution in [0.1, 0.15) is 36.5 Å². The van der Waals surface area contributed by atoms with E-state index in [1.807, 2.05) is 24.3 Å². The normalized spacial score (nSPS) is 15.6. The molecule has 1 aromatic rings. The maximum atomic E-state index is 11.7. The van der Waals surface area contributed by atoms with Crippen LogP contribution in [0.3, 0.4) is 0 Å². The highest BCUT2D eigenvalue weighted by Crippen LogP contribution is 2.35. The van der Waals surface area contributed by atoms with Crippen LogP contribution in [0.15, 0.2) is 36.9 Å². The molecule has 1 unspecified atom stereocenters. The highest BCUT2D eigenvalue weighted by atomic mass is 16.1. The Balaban J connectivity index is 1.93. The summed E-state index contributed by atoms with van der Waals surface area (Å²) in [5.41, 5.74) is 1.78. The van der Waals surface area contributed by atoms with E-state index < -0.39 is 0 Å². The summed E-state index contributed by atoms with van der Waals surface area (Å²) in [6, 6.07) is 8.25. The van der Waals surface area contributed by atoms with E-state index in [9.17, 15) is 4.79 Å². The van der Waals surface area contributed by atoms with Crippen molar-refractivity contribution in [3.05, 3.63) is 42.5 Å². The fourth-order valence-corrected chi connectivity index (χ4v) is 2.25. The van der Waals surface area contributed by atoms with Crippen molar-refractivity contribution < 1.29 is 4.79 Å². The first-order valence-corrected chi connectivity index (χ1v) is 7.00. The van der Waals surface area contributed by atoms with Crippen LogP contribution in [0.25, 0.3) is 0 Å². The minimum atomic E-state index is -0.0549. The monoisotopic (exact) mass is 258 g/mol. The zero-order chi connectivity index (χ0) is 13.7. The SMILES string of the molecule is C=CCNC(=O)c1ccc(NC(CC)C2CC2)cc1. The van der Waals surface area contributed by atoms with Gasteiger partial charge in [-0.3, -0.25) is 4.79 Å². The fourth-order valence-electron chi connectivity index (χ4n) is 2.25. The summed E-state index contributed by atoms with van der Waals surface area (Å²) in [5, 5.41) is 6.32. The molecular weight excluding hydrogens is 236 g/mol. The van der Waals surface area contributed by atoms with Gasteiger partial charge in [-0.05, 0) is 49.4 Å². The molecule has 2 N–H and O–H groups in total. The van der Waals surface area contributed by atoms with Crippen LogP contribution < -0.4 is 10.6 Å². The van der Waals surface area contributed by atoms with E-state index in [0.29, 0.717) is 18.2 Å². The number of carbonyl (C=O) groups is 1. The average Bonchev–Trinajstić information content (AvgIpc) is 3.27. The third kappa shape index (κ3) is 3.85. The molecule has 3 nitrogen and oxygen atoms in total. The highest BCUT2D eigenvalue weighted by molar-refractivity contribution is 5.94. The van der Waals surface area contributed by atoms with Gasteiger partial charge in [-0.15, -0.1) is 6.58 Å². The Morgan fingerprint density at radius 2 is 2.11 bits per heavy atom. The van der Waals surface area contributed by atoms with Crippen molar-refractivity contribution >= 4 is 11.6 Å². The summed E-state index contributed by atoms with van der Waals surface area (Å²) in [7, 11) is 0. The molecule has 1 atom stereocenters. The minimum Gasteiger partial charge on any atom is -0.382 e. The van der Waals surface area contributed by atoms with Gasteiger partial charge in [0.05, 0.1) is 0 Å². The second-order valence-corrected chi connectivity index (χ2v) is 5.07. The molecule has 1 aliphatic carbocycles. The van der Waals surface area contributed by atoms with Crippen LogP contribution in [0.4, 0.5) is 5.69 Å². The van der Waals surface area contributed by atoms with Crippen molar-refractivity contribution in [1.82, 2.24) is 5.32 Å². The van der Waals surface area contributed by atoms with Crippen molar-refractivity contribution in [3.8, 4) is 0 Å². The Hall–Kier alpha value is -1.77. The molecule has 0 spiro atoms. The Morgan fingerprint density at radius 1 is 1.42 bits per heavy atom. The molecule has 0 heterocycles. The van der Waals surface area contributed by atoms with Crippen LogP contribution in [0.5, 0.6) is 0 Å². The van der Waals surface area contributed by atoms with Crippen molar-refractivity contribution in [3.63, 3.8) is 0 Å².